The van der Waals surface area contributed by atoms with Crippen molar-refractivity contribution in [3.8, 4) is 0 Å². The molecule has 1 aliphatic heterocycles. The van der Waals surface area contributed by atoms with E-state index in [9.17, 15) is 4.79 Å². The molecule has 2 nitrogen and oxygen atoms in total. The molecule has 0 aromatic rings. The summed E-state index contributed by atoms with van der Waals surface area (Å²) in [5, 5.41) is 0.00400. The quantitative estimate of drug-likeness (QED) is 0.743. The van der Waals surface area contributed by atoms with E-state index in [-0.39, 0.29) is 16.7 Å². The van der Waals surface area contributed by atoms with E-state index in [1.54, 1.807) is 0 Å². The lowest BCUT2D eigenvalue weighted by Crippen LogP contribution is -2.43. The van der Waals surface area contributed by atoms with Crippen LogP contribution in [0.2, 0.25) is 0 Å². The molecule has 0 amide bonds. The first-order chi connectivity index (χ1) is 8.95. The maximum atomic E-state index is 12.4. The first-order valence-electron chi connectivity index (χ1n) is 7.49. The molecule has 1 saturated heterocycles. The van der Waals surface area contributed by atoms with Crippen molar-refractivity contribution in [2.75, 3.05) is 19.6 Å². The molecule has 1 heterocycles. The number of halogens is 2. The van der Waals surface area contributed by atoms with E-state index in [1.165, 1.54) is 6.42 Å². The molecule has 1 saturated carbocycles. The van der Waals surface area contributed by atoms with Gasteiger partial charge in [-0.15, -0.1) is 23.2 Å². The van der Waals surface area contributed by atoms with Crippen LogP contribution in [-0.2, 0) is 4.79 Å². The standard InChI is InChI=1S/C15H25Cl2NO/c1-10-5-11(2)8-18(7-10)9-15(19)12-3-4-13(16)14(17)6-12/h10-14H,3-9H2,1-2H3. The summed E-state index contributed by atoms with van der Waals surface area (Å²) in [6.45, 7) is 7.29. The van der Waals surface area contributed by atoms with E-state index >= 15 is 0 Å². The Morgan fingerprint density at radius 2 is 1.68 bits per heavy atom. The molecule has 5 unspecified atom stereocenters. The Morgan fingerprint density at radius 1 is 1.05 bits per heavy atom. The van der Waals surface area contributed by atoms with E-state index in [0.29, 0.717) is 24.2 Å². The van der Waals surface area contributed by atoms with Gasteiger partial charge in [0, 0.05) is 24.4 Å². The van der Waals surface area contributed by atoms with Crippen molar-refractivity contribution in [1.82, 2.24) is 4.90 Å². The lowest BCUT2D eigenvalue weighted by Gasteiger charge is -2.36. The highest BCUT2D eigenvalue weighted by atomic mass is 35.5. The maximum absolute atomic E-state index is 12.4. The molecule has 1 aliphatic carbocycles. The van der Waals surface area contributed by atoms with Crippen molar-refractivity contribution in [2.24, 2.45) is 17.8 Å². The number of hydrogen-bond acceptors (Lipinski definition) is 2. The Kier molecular flexibility index (Phi) is 5.56. The number of nitrogens with zero attached hydrogens (tertiary/aromatic N) is 1. The summed E-state index contributed by atoms with van der Waals surface area (Å²) >= 11 is 12.3. The Hall–Kier alpha value is 0.210. The second-order valence-corrected chi connectivity index (χ2v) is 7.77. The number of carbonyl (C=O) groups excluding carboxylic acids is 1. The van der Waals surface area contributed by atoms with Gasteiger partial charge in [-0.05, 0) is 37.5 Å². The topological polar surface area (TPSA) is 20.3 Å². The maximum Gasteiger partial charge on any atom is 0.149 e. The summed E-state index contributed by atoms with van der Waals surface area (Å²) in [6.07, 6.45) is 3.83. The third-order valence-electron chi connectivity index (χ3n) is 4.47. The minimum Gasteiger partial charge on any atom is -0.298 e. The minimum atomic E-state index is -0.0384. The number of ketones is 1. The fourth-order valence-corrected chi connectivity index (χ4v) is 4.21. The number of Topliss-reactive ketones (excluding diaryl/α,β-unsaturated/α-hetero) is 1. The molecule has 0 spiro atoms. The summed E-state index contributed by atoms with van der Waals surface area (Å²) < 4.78 is 0. The highest BCUT2D eigenvalue weighted by molar-refractivity contribution is 6.30. The van der Waals surface area contributed by atoms with Crippen LogP contribution in [0.3, 0.4) is 0 Å². The van der Waals surface area contributed by atoms with Gasteiger partial charge in [0.05, 0.1) is 11.9 Å². The van der Waals surface area contributed by atoms with E-state index in [2.05, 4.69) is 18.7 Å². The third-order valence-corrected chi connectivity index (χ3v) is 5.61. The van der Waals surface area contributed by atoms with Gasteiger partial charge < -0.3 is 0 Å². The van der Waals surface area contributed by atoms with Crippen molar-refractivity contribution in [1.29, 1.82) is 0 Å². The number of rotatable bonds is 3. The lowest BCUT2D eigenvalue weighted by molar-refractivity contribution is -0.125. The molecule has 0 bridgehead atoms. The van der Waals surface area contributed by atoms with Crippen LogP contribution < -0.4 is 0 Å². The molecule has 2 rings (SSSR count). The molecule has 0 N–H and O–H groups in total. The van der Waals surface area contributed by atoms with Crippen LogP contribution in [0.4, 0.5) is 0 Å². The van der Waals surface area contributed by atoms with Crippen LogP contribution in [0.25, 0.3) is 0 Å². The Morgan fingerprint density at radius 3 is 2.26 bits per heavy atom. The third kappa shape index (κ3) is 4.34. The van der Waals surface area contributed by atoms with E-state index < -0.39 is 0 Å². The number of carbonyl (C=O) groups is 1. The lowest BCUT2D eigenvalue weighted by atomic mass is 9.84. The van der Waals surface area contributed by atoms with Gasteiger partial charge >= 0.3 is 0 Å². The van der Waals surface area contributed by atoms with Crippen molar-refractivity contribution in [3.63, 3.8) is 0 Å². The van der Waals surface area contributed by atoms with Crippen LogP contribution in [-0.4, -0.2) is 41.1 Å². The molecule has 2 aliphatic rings. The van der Waals surface area contributed by atoms with Crippen LogP contribution in [0.1, 0.15) is 39.5 Å². The minimum absolute atomic E-state index is 0.0384. The fraction of sp³-hybridized carbons (Fsp3) is 0.933. The van der Waals surface area contributed by atoms with Gasteiger partial charge in [0.1, 0.15) is 5.78 Å². The Labute approximate surface area is 126 Å². The number of piperidine rings is 1. The van der Waals surface area contributed by atoms with Crippen molar-refractivity contribution >= 4 is 29.0 Å². The van der Waals surface area contributed by atoms with Crippen molar-refractivity contribution < 1.29 is 4.79 Å². The van der Waals surface area contributed by atoms with Crippen molar-refractivity contribution in [3.05, 3.63) is 0 Å². The molecule has 2 fully saturated rings. The predicted molar refractivity (Wildman–Crippen MR) is 81.0 cm³/mol. The normalized spacial score (nSPS) is 41.2. The fourth-order valence-electron chi connectivity index (χ4n) is 3.64. The highest BCUT2D eigenvalue weighted by Gasteiger charge is 2.33. The van der Waals surface area contributed by atoms with Crippen LogP contribution in [0.5, 0.6) is 0 Å². The van der Waals surface area contributed by atoms with Gasteiger partial charge in [0.2, 0.25) is 0 Å². The number of alkyl halides is 2. The van der Waals surface area contributed by atoms with Gasteiger partial charge in [-0.2, -0.15) is 0 Å². The average Bonchev–Trinajstić information content (AvgIpc) is 2.31. The molecule has 5 atom stereocenters. The SMILES string of the molecule is CC1CC(C)CN(CC(=O)C2CCC(Cl)C(Cl)C2)C1. The average molecular weight is 306 g/mol. The van der Waals surface area contributed by atoms with Gasteiger partial charge in [-0.1, -0.05) is 13.8 Å². The number of hydrogen-bond donors (Lipinski definition) is 0. The molecule has 0 aromatic carbocycles. The molecule has 0 aromatic heterocycles. The highest BCUT2D eigenvalue weighted by Crippen LogP contribution is 2.32. The largest absolute Gasteiger partial charge is 0.298 e. The first-order valence-corrected chi connectivity index (χ1v) is 8.36. The zero-order valence-corrected chi connectivity index (χ0v) is 13.5. The molecular formula is C15H25Cl2NO. The van der Waals surface area contributed by atoms with Crippen LogP contribution in [0, 0.1) is 17.8 Å². The summed E-state index contributed by atoms with van der Waals surface area (Å²) in [4.78, 5) is 14.7. The molecule has 4 heteroatoms. The van der Waals surface area contributed by atoms with Crippen LogP contribution in [0.15, 0.2) is 0 Å². The monoisotopic (exact) mass is 305 g/mol. The van der Waals surface area contributed by atoms with Gasteiger partial charge in [-0.25, -0.2) is 0 Å². The first kappa shape index (κ1) is 15.6. The predicted octanol–water partition coefficient (Wildman–Crippen LogP) is 3.55. The summed E-state index contributed by atoms with van der Waals surface area (Å²) in [6, 6.07) is 0. The molecule has 110 valence electrons. The zero-order valence-electron chi connectivity index (χ0n) is 11.9. The Balaban J connectivity index is 1.83. The van der Waals surface area contributed by atoms with E-state index in [0.717, 1.165) is 32.4 Å². The van der Waals surface area contributed by atoms with Crippen molar-refractivity contribution in [2.45, 2.75) is 50.3 Å². The van der Waals surface area contributed by atoms with E-state index in [4.69, 9.17) is 23.2 Å². The van der Waals surface area contributed by atoms with Crippen LogP contribution >= 0.6 is 23.2 Å². The molecule has 0 radical (unpaired) electrons. The summed E-state index contributed by atoms with van der Waals surface area (Å²) in [5.74, 6) is 1.91. The second-order valence-electron chi connectivity index (χ2n) is 6.65. The Bertz CT molecular complexity index is 313. The van der Waals surface area contributed by atoms with E-state index in [1.807, 2.05) is 0 Å². The zero-order chi connectivity index (χ0) is 14.0. The van der Waals surface area contributed by atoms with Gasteiger partial charge in [-0.3, -0.25) is 9.69 Å². The smallest absolute Gasteiger partial charge is 0.149 e. The molecular weight excluding hydrogens is 281 g/mol. The van der Waals surface area contributed by atoms with Gasteiger partial charge in [0.15, 0.2) is 0 Å². The van der Waals surface area contributed by atoms with Gasteiger partial charge in [0.25, 0.3) is 0 Å². The summed E-state index contributed by atoms with van der Waals surface area (Å²) in [7, 11) is 0. The molecule has 19 heavy (non-hydrogen) atoms. The number of likely N-dealkylation sites (tertiary alicyclic amines) is 1. The second kappa shape index (κ2) is 6.78. The summed E-state index contributed by atoms with van der Waals surface area (Å²) in [5.41, 5.74) is 0.